The minimum Gasteiger partial charge on any atom is -0.665 e. The van der Waals surface area contributed by atoms with Crippen molar-refractivity contribution in [2.75, 3.05) is 33.8 Å². The molecule has 0 aliphatic heterocycles. The van der Waals surface area contributed by atoms with Gasteiger partial charge in [-0.25, -0.2) is 0 Å². The van der Waals surface area contributed by atoms with E-state index in [9.17, 15) is 0 Å². The number of hydrogen-bond acceptors (Lipinski definition) is 1. The Morgan fingerprint density at radius 1 is 1.00 bits per heavy atom. The molecule has 0 amide bonds. The Morgan fingerprint density at radius 2 is 1.39 bits per heavy atom. The second kappa shape index (κ2) is 22.3. The Balaban J connectivity index is -0.000000214. The van der Waals surface area contributed by atoms with E-state index in [0.29, 0.717) is 12.5 Å². The Labute approximate surface area is 128 Å². The van der Waals surface area contributed by atoms with Crippen molar-refractivity contribution in [1.29, 1.82) is 0 Å². The van der Waals surface area contributed by atoms with Gasteiger partial charge in [0.15, 0.2) is 0 Å². The van der Waals surface area contributed by atoms with E-state index in [0.717, 1.165) is 25.9 Å². The van der Waals surface area contributed by atoms with Gasteiger partial charge in [0.1, 0.15) is 0 Å². The molecule has 0 atom stereocenters. The first kappa shape index (κ1) is 23.2. The van der Waals surface area contributed by atoms with Gasteiger partial charge in [0, 0.05) is 6.61 Å². The average Bonchev–Trinajstić information content (AvgIpc) is 2.90. The first-order valence-corrected chi connectivity index (χ1v) is 6.33. The van der Waals surface area contributed by atoms with Gasteiger partial charge in [-0.3, -0.25) is 0 Å². The van der Waals surface area contributed by atoms with E-state index >= 15 is 0 Å². The van der Waals surface area contributed by atoms with Crippen LogP contribution in [0.25, 0.3) is 10.6 Å². The molecule has 0 aromatic rings. The monoisotopic (exact) mass is 288 g/mol. The predicted molar refractivity (Wildman–Crippen MR) is 77.7 cm³/mol. The fourth-order valence-corrected chi connectivity index (χ4v) is 0.997. The minimum atomic E-state index is 0. The molecule has 1 aliphatic rings. The van der Waals surface area contributed by atoms with Gasteiger partial charge < -0.3 is 15.7 Å². The summed E-state index contributed by atoms with van der Waals surface area (Å²) < 4.78 is 0. The van der Waals surface area contributed by atoms with Gasteiger partial charge in [-0.2, -0.15) is 27.2 Å². The molecule has 104 valence electrons. The Bertz CT molecular complexity index is 165. The number of aliphatic hydroxyl groups excluding tert-OH is 1. The van der Waals surface area contributed by atoms with Crippen molar-refractivity contribution in [3.05, 3.63) is 34.9 Å². The number of allylic oxidation sites excluding steroid dienone is 4. The van der Waals surface area contributed by atoms with Gasteiger partial charge in [0.05, 0.1) is 0 Å². The number of aliphatic hydroxyl groups is 1. The summed E-state index contributed by atoms with van der Waals surface area (Å²) >= 11 is 0. The van der Waals surface area contributed by atoms with Gasteiger partial charge in [-0.1, -0.05) is 38.2 Å². The van der Waals surface area contributed by atoms with Crippen LogP contribution in [0.15, 0.2) is 24.3 Å². The van der Waals surface area contributed by atoms with Crippen molar-refractivity contribution in [1.82, 2.24) is 0 Å². The summed E-state index contributed by atoms with van der Waals surface area (Å²) in [5, 5.41) is 16.0. The molecule has 0 aromatic heterocycles. The average molecular weight is 288 g/mol. The summed E-state index contributed by atoms with van der Waals surface area (Å²) in [5.41, 5.74) is 0. The Morgan fingerprint density at radius 3 is 1.67 bits per heavy atom. The zero-order valence-corrected chi connectivity index (χ0v) is 13.8. The zero-order valence-electron chi connectivity index (χ0n) is 12.3. The smallest absolute Gasteiger partial charge is 0.665 e. The molecule has 0 aromatic carbocycles. The molecule has 3 nitrogen and oxygen atoms in total. The van der Waals surface area contributed by atoms with Crippen molar-refractivity contribution in [3.8, 4) is 0 Å². The first-order chi connectivity index (χ1) is 8.26. The Hall–Kier alpha value is 0.0743. The maximum atomic E-state index is 8.48. The summed E-state index contributed by atoms with van der Waals surface area (Å²) in [6.45, 7) is 6.23. The molecule has 18 heavy (non-hydrogen) atoms. The molecule has 0 fully saturated rings. The van der Waals surface area contributed by atoms with Crippen LogP contribution in [0.1, 0.15) is 26.7 Å². The molecule has 1 aliphatic carbocycles. The van der Waals surface area contributed by atoms with E-state index in [1.54, 1.807) is 14.1 Å². The van der Waals surface area contributed by atoms with Crippen LogP contribution in [-0.4, -0.2) is 38.9 Å². The maximum Gasteiger partial charge on any atom is 2.00 e. The molecule has 0 spiro atoms. The van der Waals surface area contributed by atoms with Gasteiger partial charge >= 0.3 is 21.7 Å². The SMILES string of the molecule is CC[N-]C.CC[N-]C.OCCCC1C=CC=C1.[Ti+2]. The van der Waals surface area contributed by atoms with E-state index in [2.05, 4.69) is 34.9 Å². The second-order valence-electron chi connectivity index (χ2n) is 3.56. The van der Waals surface area contributed by atoms with Gasteiger partial charge in [-0.15, -0.1) is 0 Å². The van der Waals surface area contributed by atoms with Crippen molar-refractivity contribution in [2.45, 2.75) is 26.7 Å². The predicted octanol–water partition coefficient (Wildman–Crippen LogP) is 3.52. The number of hydrogen-bond donors (Lipinski definition) is 1. The third kappa shape index (κ3) is 21.4. The summed E-state index contributed by atoms with van der Waals surface area (Å²) in [4.78, 5) is 0. The van der Waals surface area contributed by atoms with Crippen molar-refractivity contribution < 1.29 is 26.8 Å². The fourth-order valence-electron chi connectivity index (χ4n) is 0.997. The van der Waals surface area contributed by atoms with E-state index in [1.165, 1.54) is 0 Å². The van der Waals surface area contributed by atoms with Crippen LogP contribution in [0.4, 0.5) is 0 Å². The summed E-state index contributed by atoms with van der Waals surface area (Å²) in [7, 11) is 3.61. The second-order valence-corrected chi connectivity index (χ2v) is 3.56. The Kier molecular flexibility index (Phi) is 28.7. The van der Waals surface area contributed by atoms with E-state index < -0.39 is 0 Å². The summed E-state index contributed by atoms with van der Waals surface area (Å²) in [6.07, 6.45) is 10.4. The molecule has 1 N–H and O–H groups in total. The summed E-state index contributed by atoms with van der Waals surface area (Å²) in [5.74, 6) is 0.595. The first-order valence-electron chi connectivity index (χ1n) is 6.33. The third-order valence-corrected chi connectivity index (χ3v) is 2.16. The molecule has 0 heterocycles. The fraction of sp³-hybridized carbons (Fsp3) is 0.714. The molecule has 0 radical (unpaired) electrons. The van der Waals surface area contributed by atoms with Crippen molar-refractivity contribution >= 4 is 0 Å². The van der Waals surface area contributed by atoms with Crippen LogP contribution in [0.2, 0.25) is 0 Å². The van der Waals surface area contributed by atoms with Crippen LogP contribution >= 0.6 is 0 Å². The quantitative estimate of drug-likeness (QED) is 0.773. The van der Waals surface area contributed by atoms with Gasteiger partial charge in [0.2, 0.25) is 0 Å². The van der Waals surface area contributed by atoms with Crippen molar-refractivity contribution in [3.63, 3.8) is 0 Å². The summed E-state index contributed by atoms with van der Waals surface area (Å²) in [6, 6.07) is 0. The largest absolute Gasteiger partial charge is 2.00 e. The van der Waals surface area contributed by atoms with E-state index in [4.69, 9.17) is 5.11 Å². The molecule has 0 unspecified atom stereocenters. The molecular formula is C14H28N2OTi. The molecule has 4 heteroatoms. The molecule has 0 saturated carbocycles. The van der Waals surface area contributed by atoms with Crippen molar-refractivity contribution in [2.24, 2.45) is 5.92 Å². The standard InChI is InChI=1S/C8H12O.2C3H8N.Ti/c9-7-3-6-8-4-1-2-5-8;2*1-3-4-2;/h1-2,4-5,8-9H,3,6-7H2;2*3H2,1-2H3;/q;2*-1;+2. The van der Waals surface area contributed by atoms with Crippen LogP contribution in [0, 0.1) is 5.92 Å². The molecule has 0 bridgehead atoms. The zero-order chi connectivity index (χ0) is 13.4. The molecule has 1 rings (SSSR count). The normalized spacial score (nSPS) is 12.1. The number of nitrogens with zero attached hydrogens (tertiary/aromatic N) is 2. The van der Waals surface area contributed by atoms with Gasteiger partial charge in [-0.05, 0) is 18.8 Å². The topological polar surface area (TPSA) is 48.4 Å². The van der Waals surface area contributed by atoms with Crippen LogP contribution < -0.4 is 0 Å². The van der Waals surface area contributed by atoms with E-state index in [1.807, 2.05) is 13.8 Å². The van der Waals surface area contributed by atoms with Gasteiger partial charge in [0.25, 0.3) is 0 Å². The van der Waals surface area contributed by atoms with Crippen LogP contribution in [0.3, 0.4) is 0 Å². The van der Waals surface area contributed by atoms with Crippen LogP contribution in [-0.2, 0) is 21.7 Å². The molecule has 0 saturated heterocycles. The van der Waals surface area contributed by atoms with E-state index in [-0.39, 0.29) is 21.7 Å². The third-order valence-electron chi connectivity index (χ3n) is 2.16. The maximum absolute atomic E-state index is 8.48. The minimum absolute atomic E-state index is 0. The van der Waals surface area contributed by atoms with Crippen LogP contribution in [0.5, 0.6) is 0 Å². The molecular weight excluding hydrogens is 260 g/mol. The number of rotatable bonds is 5.